The molecule has 0 saturated heterocycles. The van der Waals surface area contributed by atoms with Crippen LogP contribution in [0.15, 0.2) is 66.4 Å². The lowest BCUT2D eigenvalue weighted by Crippen LogP contribution is -2.25. The van der Waals surface area contributed by atoms with Crippen LogP contribution < -0.4 is 5.32 Å². The molecule has 0 spiro atoms. The molecule has 1 aliphatic rings. The number of nitrogens with one attached hydrogen (secondary N) is 1. The molecular weight excluding hydrogens is 375 g/mol. The van der Waals surface area contributed by atoms with Crippen LogP contribution in [0.2, 0.25) is 0 Å². The molecular formula is C26H29FN2O. The van der Waals surface area contributed by atoms with Crippen molar-refractivity contribution >= 4 is 16.8 Å². The van der Waals surface area contributed by atoms with E-state index in [-0.39, 0.29) is 11.7 Å². The Labute approximate surface area is 177 Å². The molecule has 3 aromatic rings. The Morgan fingerprint density at radius 2 is 1.87 bits per heavy atom. The van der Waals surface area contributed by atoms with Gasteiger partial charge in [0.05, 0.1) is 0 Å². The summed E-state index contributed by atoms with van der Waals surface area (Å²) in [5.74, 6) is -0.107. The van der Waals surface area contributed by atoms with Gasteiger partial charge in [-0.15, -0.1) is 0 Å². The monoisotopic (exact) mass is 404 g/mol. The molecule has 0 atom stereocenters. The number of hydrogen-bond acceptors (Lipinski definition) is 1. The van der Waals surface area contributed by atoms with E-state index in [0.29, 0.717) is 19.4 Å². The molecule has 30 heavy (non-hydrogen) atoms. The number of fused-ring (bicyclic) bond motifs is 1. The normalized spacial score (nSPS) is 14.0. The Hall–Kier alpha value is -2.88. The second-order valence-electron chi connectivity index (χ2n) is 8.13. The van der Waals surface area contributed by atoms with Crippen molar-refractivity contribution in [1.82, 2.24) is 9.88 Å². The first kappa shape index (κ1) is 20.4. The molecule has 1 aromatic heterocycles. The number of para-hydroxylation sites is 1. The van der Waals surface area contributed by atoms with Gasteiger partial charge in [-0.1, -0.05) is 42.0 Å². The van der Waals surface area contributed by atoms with Gasteiger partial charge in [0.15, 0.2) is 0 Å². The molecule has 4 rings (SSSR count). The molecule has 0 aliphatic heterocycles. The Morgan fingerprint density at radius 1 is 1.03 bits per heavy atom. The minimum absolute atomic E-state index is 0.113. The highest BCUT2D eigenvalue weighted by Gasteiger charge is 2.11. The molecule has 3 nitrogen and oxygen atoms in total. The van der Waals surface area contributed by atoms with Crippen molar-refractivity contribution in [3.63, 3.8) is 0 Å². The van der Waals surface area contributed by atoms with Crippen molar-refractivity contribution in [2.45, 2.75) is 51.5 Å². The topological polar surface area (TPSA) is 34.0 Å². The van der Waals surface area contributed by atoms with E-state index in [9.17, 15) is 9.18 Å². The zero-order chi connectivity index (χ0) is 20.8. The highest BCUT2D eigenvalue weighted by Crippen LogP contribution is 2.24. The van der Waals surface area contributed by atoms with E-state index in [1.165, 1.54) is 54.3 Å². The van der Waals surface area contributed by atoms with Gasteiger partial charge in [0.25, 0.3) is 0 Å². The first-order valence-corrected chi connectivity index (χ1v) is 10.9. The van der Waals surface area contributed by atoms with Gasteiger partial charge in [-0.2, -0.15) is 0 Å². The predicted octanol–water partition coefficient (Wildman–Crippen LogP) is 5.77. The fourth-order valence-corrected chi connectivity index (χ4v) is 4.27. The average molecular weight is 405 g/mol. The van der Waals surface area contributed by atoms with Crippen LogP contribution in [0.3, 0.4) is 0 Å². The molecule has 1 heterocycles. The number of amides is 1. The molecule has 0 bridgehead atoms. The number of carbonyl (C=O) groups is 1. The lowest BCUT2D eigenvalue weighted by Gasteiger charge is -2.12. The van der Waals surface area contributed by atoms with E-state index in [1.807, 2.05) is 24.3 Å². The Bertz CT molecular complexity index is 1030. The number of aryl methyl sites for hydroxylation is 1. The van der Waals surface area contributed by atoms with Crippen LogP contribution in [0.5, 0.6) is 0 Å². The zero-order valence-corrected chi connectivity index (χ0v) is 17.4. The minimum Gasteiger partial charge on any atom is -0.356 e. The van der Waals surface area contributed by atoms with Gasteiger partial charge in [-0.05, 0) is 67.9 Å². The maximum absolute atomic E-state index is 13.2. The van der Waals surface area contributed by atoms with Gasteiger partial charge in [-0.3, -0.25) is 4.79 Å². The third-order valence-corrected chi connectivity index (χ3v) is 5.91. The first-order chi connectivity index (χ1) is 14.7. The van der Waals surface area contributed by atoms with Gasteiger partial charge >= 0.3 is 0 Å². The molecule has 0 radical (unpaired) electrons. The summed E-state index contributed by atoms with van der Waals surface area (Å²) in [5.41, 5.74) is 4.86. The van der Waals surface area contributed by atoms with Crippen LogP contribution in [-0.2, 0) is 17.8 Å². The standard InChI is InChI=1S/C26H29FN2O/c27-23-13-10-21(11-14-23)18-29-19-22(24-8-4-5-9-25(24)29)12-15-26(30)28-17-16-20-6-2-1-3-7-20/h4-6,8-11,13-14,19H,1-3,7,12,15-18H2,(H,28,30). The van der Waals surface area contributed by atoms with Gasteiger partial charge < -0.3 is 9.88 Å². The highest BCUT2D eigenvalue weighted by atomic mass is 19.1. The summed E-state index contributed by atoms with van der Waals surface area (Å²) < 4.78 is 15.4. The Balaban J connectivity index is 1.37. The number of aromatic nitrogens is 1. The number of benzene rings is 2. The second kappa shape index (κ2) is 9.75. The van der Waals surface area contributed by atoms with E-state index in [4.69, 9.17) is 0 Å². The summed E-state index contributed by atoms with van der Waals surface area (Å²) in [7, 11) is 0. The molecule has 1 aliphatic carbocycles. The number of nitrogens with zero attached hydrogens (tertiary/aromatic N) is 1. The van der Waals surface area contributed by atoms with Gasteiger partial charge in [0, 0.05) is 36.6 Å². The Kier molecular flexibility index (Phi) is 6.63. The average Bonchev–Trinajstić information content (AvgIpc) is 3.12. The quantitative estimate of drug-likeness (QED) is 0.475. The first-order valence-electron chi connectivity index (χ1n) is 10.9. The molecule has 0 unspecified atom stereocenters. The molecule has 2 aromatic carbocycles. The SMILES string of the molecule is O=C(CCc1cn(Cc2ccc(F)cc2)c2ccccc12)NCCC1=CCCCC1. The molecule has 4 heteroatoms. The lowest BCUT2D eigenvalue weighted by molar-refractivity contribution is -0.121. The summed E-state index contributed by atoms with van der Waals surface area (Å²) >= 11 is 0. The third-order valence-electron chi connectivity index (χ3n) is 5.91. The molecule has 1 N–H and O–H groups in total. The highest BCUT2D eigenvalue weighted by molar-refractivity contribution is 5.85. The number of allylic oxidation sites excluding steroid dienone is 1. The van der Waals surface area contributed by atoms with Crippen LogP contribution in [0.4, 0.5) is 4.39 Å². The van der Waals surface area contributed by atoms with Crippen molar-refractivity contribution in [3.8, 4) is 0 Å². The van der Waals surface area contributed by atoms with E-state index < -0.39 is 0 Å². The van der Waals surface area contributed by atoms with Gasteiger partial charge in [-0.25, -0.2) is 4.39 Å². The fraction of sp³-hybridized carbons (Fsp3) is 0.346. The van der Waals surface area contributed by atoms with Gasteiger partial charge in [0.1, 0.15) is 5.82 Å². The zero-order valence-electron chi connectivity index (χ0n) is 17.4. The largest absolute Gasteiger partial charge is 0.356 e. The maximum atomic E-state index is 13.2. The van der Waals surface area contributed by atoms with Crippen molar-refractivity contribution in [2.24, 2.45) is 0 Å². The summed E-state index contributed by atoms with van der Waals surface area (Å²) in [4.78, 5) is 12.4. The minimum atomic E-state index is -0.220. The van der Waals surface area contributed by atoms with Crippen molar-refractivity contribution in [3.05, 3.63) is 83.3 Å². The molecule has 1 amide bonds. The van der Waals surface area contributed by atoms with Crippen molar-refractivity contribution < 1.29 is 9.18 Å². The molecule has 0 saturated carbocycles. The fourth-order valence-electron chi connectivity index (χ4n) is 4.27. The van der Waals surface area contributed by atoms with E-state index in [2.05, 4.69) is 34.3 Å². The smallest absolute Gasteiger partial charge is 0.220 e. The maximum Gasteiger partial charge on any atom is 0.220 e. The van der Waals surface area contributed by atoms with Crippen LogP contribution in [0.25, 0.3) is 10.9 Å². The summed E-state index contributed by atoms with van der Waals surface area (Å²) in [6.07, 6.45) is 11.6. The number of halogens is 1. The Morgan fingerprint density at radius 3 is 2.67 bits per heavy atom. The van der Waals surface area contributed by atoms with Crippen LogP contribution in [-0.4, -0.2) is 17.0 Å². The van der Waals surface area contributed by atoms with Gasteiger partial charge in [0.2, 0.25) is 5.91 Å². The summed E-state index contributed by atoms with van der Waals surface area (Å²) in [5, 5.41) is 4.26. The van der Waals surface area contributed by atoms with E-state index in [1.54, 1.807) is 0 Å². The second-order valence-corrected chi connectivity index (χ2v) is 8.13. The number of hydrogen-bond donors (Lipinski definition) is 1. The predicted molar refractivity (Wildman–Crippen MR) is 120 cm³/mol. The van der Waals surface area contributed by atoms with Crippen LogP contribution in [0.1, 0.15) is 49.7 Å². The summed E-state index contributed by atoms with van der Waals surface area (Å²) in [6, 6.07) is 14.9. The van der Waals surface area contributed by atoms with E-state index >= 15 is 0 Å². The number of carbonyl (C=O) groups excluding carboxylic acids is 1. The molecule has 0 fully saturated rings. The lowest BCUT2D eigenvalue weighted by atomic mass is 9.97. The van der Waals surface area contributed by atoms with Crippen LogP contribution >= 0.6 is 0 Å². The van der Waals surface area contributed by atoms with Crippen molar-refractivity contribution in [2.75, 3.05) is 6.54 Å². The molecule has 156 valence electrons. The summed E-state index contributed by atoms with van der Waals surface area (Å²) in [6.45, 7) is 1.42. The number of rotatable bonds is 8. The third kappa shape index (κ3) is 5.18. The van der Waals surface area contributed by atoms with Crippen molar-refractivity contribution in [1.29, 1.82) is 0 Å². The van der Waals surface area contributed by atoms with Crippen LogP contribution in [0, 0.1) is 5.82 Å². The van der Waals surface area contributed by atoms with E-state index in [0.717, 1.165) is 24.0 Å².